The van der Waals surface area contributed by atoms with E-state index in [1.807, 2.05) is 17.0 Å². The number of aromatic nitrogens is 1. The fourth-order valence-corrected chi connectivity index (χ4v) is 6.20. The monoisotopic (exact) mass is 429 g/mol. The number of sulfonamides is 1. The number of pyridine rings is 1. The Morgan fingerprint density at radius 2 is 1.90 bits per heavy atom. The van der Waals surface area contributed by atoms with Crippen molar-refractivity contribution in [3.05, 3.63) is 48.3 Å². The highest BCUT2D eigenvalue weighted by molar-refractivity contribution is 7.92. The number of β-amino-alcohol motifs (C(OH)–C–C–N with tert-alkyl or cyclic N) is 1. The summed E-state index contributed by atoms with van der Waals surface area (Å²) in [6, 6.07) is 10.7. The van der Waals surface area contributed by atoms with Crippen molar-refractivity contribution in [1.82, 2.24) is 15.2 Å². The summed E-state index contributed by atoms with van der Waals surface area (Å²) in [7, 11) is -3.73. The van der Waals surface area contributed by atoms with Crippen molar-refractivity contribution < 1.29 is 13.5 Å². The van der Waals surface area contributed by atoms with Crippen LogP contribution in [-0.2, 0) is 10.0 Å². The van der Waals surface area contributed by atoms with Gasteiger partial charge in [0, 0.05) is 51.2 Å². The maximum Gasteiger partial charge on any atom is 0.264 e. The average molecular weight is 430 g/mol. The van der Waals surface area contributed by atoms with Gasteiger partial charge in [-0.25, -0.2) is 8.42 Å². The lowest BCUT2D eigenvalue weighted by Gasteiger charge is -2.32. The van der Waals surface area contributed by atoms with Crippen molar-refractivity contribution in [2.75, 3.05) is 55.0 Å². The first-order valence-corrected chi connectivity index (χ1v) is 11.9. The third-order valence-electron chi connectivity index (χ3n) is 6.27. The molecule has 2 saturated heterocycles. The molecule has 4 heterocycles. The molecule has 160 valence electrons. The van der Waals surface area contributed by atoms with Gasteiger partial charge in [-0.3, -0.25) is 14.2 Å². The highest BCUT2D eigenvalue weighted by Gasteiger charge is 2.40. The summed E-state index contributed by atoms with van der Waals surface area (Å²) in [5.74, 6) is 0. The van der Waals surface area contributed by atoms with E-state index < -0.39 is 10.0 Å². The van der Waals surface area contributed by atoms with Gasteiger partial charge in [0.05, 0.1) is 35.0 Å². The van der Waals surface area contributed by atoms with Crippen molar-refractivity contribution in [3.8, 4) is 0 Å². The van der Waals surface area contributed by atoms with E-state index in [1.54, 1.807) is 30.5 Å². The number of nitrogens with one attached hydrogen (secondary N) is 1. The smallest absolute Gasteiger partial charge is 0.264 e. The highest BCUT2D eigenvalue weighted by atomic mass is 32.2. The van der Waals surface area contributed by atoms with Crippen LogP contribution in [0.15, 0.2) is 47.5 Å². The minimum Gasteiger partial charge on any atom is -0.391 e. The zero-order valence-electron chi connectivity index (χ0n) is 16.8. The van der Waals surface area contributed by atoms with E-state index in [0.29, 0.717) is 25.2 Å². The highest BCUT2D eigenvalue weighted by Crippen LogP contribution is 2.40. The SMILES string of the molecule is O=S(=O)(c1cccc(N2CC[C@H](O)C2)c1)N1CC(N2CCNCC2)c2ncccc21. The number of aliphatic hydroxyl groups is 1. The Morgan fingerprint density at radius 1 is 1.07 bits per heavy atom. The van der Waals surface area contributed by atoms with Crippen molar-refractivity contribution in [3.63, 3.8) is 0 Å². The van der Waals surface area contributed by atoms with E-state index in [-0.39, 0.29) is 17.0 Å². The minimum atomic E-state index is -3.73. The number of hydrogen-bond acceptors (Lipinski definition) is 7. The van der Waals surface area contributed by atoms with E-state index in [1.165, 1.54) is 4.31 Å². The van der Waals surface area contributed by atoms with Gasteiger partial charge in [-0.15, -0.1) is 0 Å². The maximum absolute atomic E-state index is 13.7. The lowest BCUT2D eigenvalue weighted by molar-refractivity contribution is 0.181. The first-order valence-electron chi connectivity index (χ1n) is 10.5. The number of piperazine rings is 1. The van der Waals surface area contributed by atoms with Crippen molar-refractivity contribution >= 4 is 21.4 Å². The first-order chi connectivity index (χ1) is 14.5. The molecule has 9 heteroatoms. The summed E-state index contributed by atoms with van der Waals surface area (Å²) in [4.78, 5) is 9.19. The van der Waals surface area contributed by atoms with Crippen LogP contribution in [0.1, 0.15) is 18.2 Å². The lowest BCUT2D eigenvalue weighted by atomic mass is 10.1. The quantitative estimate of drug-likeness (QED) is 0.743. The Balaban J connectivity index is 1.47. The lowest BCUT2D eigenvalue weighted by Crippen LogP contribution is -2.46. The predicted molar refractivity (Wildman–Crippen MR) is 115 cm³/mol. The molecule has 2 aromatic rings. The van der Waals surface area contributed by atoms with Crippen molar-refractivity contribution in [2.24, 2.45) is 0 Å². The molecule has 8 nitrogen and oxygen atoms in total. The number of fused-ring (bicyclic) bond motifs is 1. The van der Waals surface area contributed by atoms with Crippen LogP contribution >= 0.6 is 0 Å². The number of rotatable bonds is 4. The van der Waals surface area contributed by atoms with Crippen LogP contribution in [0.3, 0.4) is 0 Å². The Hall–Kier alpha value is -2.20. The van der Waals surface area contributed by atoms with E-state index >= 15 is 0 Å². The number of anilines is 2. The van der Waals surface area contributed by atoms with Gasteiger partial charge < -0.3 is 15.3 Å². The molecule has 0 spiro atoms. The second-order valence-corrected chi connectivity index (χ2v) is 9.99. The number of benzene rings is 1. The molecule has 1 unspecified atom stereocenters. The van der Waals surface area contributed by atoms with Gasteiger partial charge >= 0.3 is 0 Å². The van der Waals surface area contributed by atoms with Crippen LogP contribution in [0.5, 0.6) is 0 Å². The van der Waals surface area contributed by atoms with Gasteiger partial charge in [0.25, 0.3) is 10.0 Å². The summed E-state index contributed by atoms with van der Waals surface area (Å²) in [5, 5.41) is 13.2. The molecule has 0 saturated carbocycles. The van der Waals surface area contributed by atoms with Crippen molar-refractivity contribution in [2.45, 2.75) is 23.5 Å². The Kier molecular flexibility index (Phi) is 5.14. The van der Waals surface area contributed by atoms with Gasteiger partial charge in [-0.05, 0) is 36.8 Å². The van der Waals surface area contributed by atoms with Crippen LogP contribution in [-0.4, -0.2) is 75.3 Å². The zero-order chi connectivity index (χ0) is 20.7. The van der Waals surface area contributed by atoms with Crippen LogP contribution in [0.25, 0.3) is 0 Å². The number of hydrogen-bond donors (Lipinski definition) is 2. The zero-order valence-corrected chi connectivity index (χ0v) is 17.6. The fraction of sp³-hybridized carbons (Fsp3) is 0.476. The normalized spacial score (nSPS) is 25.0. The van der Waals surface area contributed by atoms with E-state index in [9.17, 15) is 13.5 Å². The summed E-state index contributed by atoms with van der Waals surface area (Å²) >= 11 is 0. The predicted octanol–water partition coefficient (Wildman–Crippen LogP) is 0.808. The van der Waals surface area contributed by atoms with Gasteiger partial charge in [0.15, 0.2) is 0 Å². The van der Waals surface area contributed by atoms with Crippen molar-refractivity contribution in [1.29, 1.82) is 0 Å². The maximum atomic E-state index is 13.7. The molecule has 1 aromatic heterocycles. The topological polar surface area (TPSA) is 89.0 Å². The van der Waals surface area contributed by atoms with Gasteiger partial charge in [-0.1, -0.05) is 6.07 Å². The van der Waals surface area contributed by atoms with E-state index in [2.05, 4.69) is 15.2 Å². The van der Waals surface area contributed by atoms with Crippen LogP contribution in [0.2, 0.25) is 0 Å². The number of aliphatic hydroxyl groups excluding tert-OH is 1. The van der Waals surface area contributed by atoms with Gasteiger partial charge in [0.1, 0.15) is 0 Å². The minimum absolute atomic E-state index is 0.0324. The van der Waals surface area contributed by atoms with Crippen LogP contribution in [0, 0.1) is 0 Å². The molecule has 0 bridgehead atoms. The molecule has 5 rings (SSSR count). The summed E-state index contributed by atoms with van der Waals surface area (Å²) in [6.07, 6.45) is 2.08. The third-order valence-corrected chi connectivity index (χ3v) is 8.04. The molecule has 0 radical (unpaired) electrons. The standard InChI is InChI=1S/C21H27N5O3S/c27-17-6-10-25(14-17)16-3-1-4-18(13-16)30(28,29)26-15-20(24-11-8-22-9-12-24)21-19(26)5-2-7-23-21/h1-5,7,13,17,20,22,27H,6,8-12,14-15H2/t17-,20?/m0/s1. The molecule has 0 amide bonds. The Labute approximate surface area is 177 Å². The molecule has 2 N–H and O–H groups in total. The average Bonchev–Trinajstić information content (AvgIpc) is 3.39. The molecule has 0 aliphatic carbocycles. The second kappa shape index (κ2) is 7.81. The largest absolute Gasteiger partial charge is 0.391 e. The van der Waals surface area contributed by atoms with Crippen LogP contribution < -0.4 is 14.5 Å². The fourth-order valence-electron chi connectivity index (χ4n) is 4.67. The van der Waals surface area contributed by atoms with Gasteiger partial charge in [0.2, 0.25) is 0 Å². The number of nitrogens with zero attached hydrogens (tertiary/aromatic N) is 4. The van der Waals surface area contributed by atoms with E-state index in [0.717, 1.165) is 44.1 Å². The second-order valence-electron chi connectivity index (χ2n) is 8.13. The Bertz CT molecular complexity index is 1020. The molecular formula is C21H27N5O3S. The summed E-state index contributed by atoms with van der Waals surface area (Å²) in [5.41, 5.74) is 2.33. The van der Waals surface area contributed by atoms with E-state index in [4.69, 9.17) is 0 Å². The summed E-state index contributed by atoms with van der Waals surface area (Å²) in [6.45, 7) is 5.19. The molecule has 2 fully saturated rings. The van der Waals surface area contributed by atoms with Gasteiger partial charge in [-0.2, -0.15) is 0 Å². The molecular weight excluding hydrogens is 402 g/mol. The molecule has 3 aliphatic heterocycles. The summed E-state index contributed by atoms with van der Waals surface area (Å²) < 4.78 is 28.8. The first kappa shape index (κ1) is 19.7. The molecule has 3 aliphatic rings. The molecule has 1 aromatic carbocycles. The Morgan fingerprint density at radius 3 is 2.67 bits per heavy atom. The molecule has 2 atom stereocenters. The molecule has 30 heavy (non-hydrogen) atoms. The third kappa shape index (κ3) is 3.45. The van der Waals surface area contributed by atoms with Crippen LogP contribution in [0.4, 0.5) is 11.4 Å².